The lowest BCUT2D eigenvalue weighted by atomic mass is 10.3. The van der Waals surface area contributed by atoms with E-state index in [0.29, 0.717) is 16.5 Å². The van der Waals surface area contributed by atoms with Crippen molar-refractivity contribution in [3.63, 3.8) is 0 Å². The van der Waals surface area contributed by atoms with Gasteiger partial charge in [0.05, 0.1) is 10.6 Å². The van der Waals surface area contributed by atoms with Crippen LogP contribution in [0.15, 0.2) is 58.4 Å². The van der Waals surface area contributed by atoms with Crippen molar-refractivity contribution in [2.24, 2.45) is 0 Å². The van der Waals surface area contributed by atoms with Crippen LogP contribution in [0.3, 0.4) is 0 Å². The van der Waals surface area contributed by atoms with Crippen molar-refractivity contribution in [2.75, 3.05) is 10.6 Å². The third kappa shape index (κ3) is 3.49. The molecule has 0 atom stereocenters. The number of para-hydroxylation sites is 1. The Hall–Kier alpha value is -2.25. The van der Waals surface area contributed by atoms with Crippen molar-refractivity contribution in [3.8, 4) is 0 Å². The maximum absolute atomic E-state index is 11.9. The van der Waals surface area contributed by atoms with Crippen LogP contribution in [0.5, 0.6) is 0 Å². The zero-order valence-electron chi connectivity index (χ0n) is 11.3. The van der Waals surface area contributed by atoms with Crippen LogP contribution in [0.25, 0.3) is 0 Å². The molecule has 110 valence electrons. The van der Waals surface area contributed by atoms with E-state index in [-0.39, 0.29) is 5.91 Å². The number of nitrogens with one attached hydrogen (secondary N) is 2. The number of benzene rings is 1. The molecule has 0 bridgehead atoms. The van der Waals surface area contributed by atoms with E-state index < -0.39 is 0 Å². The first kappa shape index (κ1) is 14.7. The average molecular weight is 375 g/mol. The van der Waals surface area contributed by atoms with Gasteiger partial charge in [-0.05, 0) is 51.6 Å². The van der Waals surface area contributed by atoms with Crippen LogP contribution >= 0.6 is 27.3 Å². The lowest BCUT2D eigenvalue weighted by Crippen LogP contribution is -2.12. The molecule has 1 amide bonds. The van der Waals surface area contributed by atoms with Gasteiger partial charge in [0.15, 0.2) is 11.6 Å². The van der Waals surface area contributed by atoms with Gasteiger partial charge < -0.3 is 10.6 Å². The molecular weight excluding hydrogens is 364 g/mol. The van der Waals surface area contributed by atoms with E-state index in [0.717, 1.165) is 10.2 Å². The molecule has 0 aliphatic rings. The standard InChI is InChI=1S/C15H11BrN4OS/c16-10-4-1-2-5-11(10)17-13-7-8-14(20-19-13)18-15(21)12-6-3-9-22-12/h1-9H,(H,17,19)(H,18,20,21). The van der Waals surface area contributed by atoms with Crippen molar-refractivity contribution in [3.05, 3.63) is 63.3 Å². The third-order valence-electron chi connectivity index (χ3n) is 2.79. The molecular formula is C15H11BrN4OS. The molecule has 0 saturated carbocycles. The highest BCUT2D eigenvalue weighted by Gasteiger charge is 2.08. The lowest BCUT2D eigenvalue weighted by molar-refractivity contribution is 0.103. The Kier molecular flexibility index (Phi) is 4.45. The number of nitrogens with zero attached hydrogens (tertiary/aromatic N) is 2. The van der Waals surface area contributed by atoms with Crippen LogP contribution in [0.1, 0.15) is 9.67 Å². The maximum Gasteiger partial charge on any atom is 0.266 e. The first-order valence-electron chi connectivity index (χ1n) is 6.42. The Morgan fingerprint density at radius 1 is 1.00 bits per heavy atom. The quantitative estimate of drug-likeness (QED) is 0.714. The molecule has 22 heavy (non-hydrogen) atoms. The number of aromatic nitrogens is 2. The van der Waals surface area contributed by atoms with Crippen molar-refractivity contribution in [1.29, 1.82) is 0 Å². The molecule has 2 heterocycles. The largest absolute Gasteiger partial charge is 0.338 e. The molecule has 0 unspecified atom stereocenters. The molecule has 7 heteroatoms. The Morgan fingerprint density at radius 3 is 2.45 bits per heavy atom. The van der Waals surface area contributed by atoms with Crippen LogP contribution in [0.4, 0.5) is 17.3 Å². The van der Waals surface area contributed by atoms with E-state index in [1.807, 2.05) is 35.7 Å². The van der Waals surface area contributed by atoms with Gasteiger partial charge in [0, 0.05) is 4.47 Å². The number of anilines is 3. The second-order valence-electron chi connectivity index (χ2n) is 4.34. The number of thiophene rings is 1. The minimum absolute atomic E-state index is 0.184. The predicted molar refractivity (Wildman–Crippen MR) is 91.7 cm³/mol. The first-order chi connectivity index (χ1) is 10.7. The van der Waals surface area contributed by atoms with Crippen LogP contribution in [-0.4, -0.2) is 16.1 Å². The summed E-state index contributed by atoms with van der Waals surface area (Å²) >= 11 is 4.84. The molecule has 0 fully saturated rings. The fourth-order valence-electron chi connectivity index (χ4n) is 1.75. The second-order valence-corrected chi connectivity index (χ2v) is 6.14. The number of hydrogen-bond acceptors (Lipinski definition) is 5. The van der Waals surface area contributed by atoms with Crippen LogP contribution < -0.4 is 10.6 Å². The fraction of sp³-hybridized carbons (Fsp3) is 0. The molecule has 3 rings (SSSR count). The zero-order chi connectivity index (χ0) is 15.4. The summed E-state index contributed by atoms with van der Waals surface area (Å²) in [7, 11) is 0. The third-order valence-corrected chi connectivity index (χ3v) is 4.35. The van der Waals surface area contributed by atoms with Gasteiger partial charge in [-0.1, -0.05) is 18.2 Å². The summed E-state index contributed by atoms with van der Waals surface area (Å²) in [5.74, 6) is 0.827. The minimum Gasteiger partial charge on any atom is -0.338 e. The smallest absolute Gasteiger partial charge is 0.266 e. The number of rotatable bonds is 4. The van der Waals surface area contributed by atoms with Crippen LogP contribution in [0, 0.1) is 0 Å². The van der Waals surface area contributed by atoms with Gasteiger partial charge in [-0.25, -0.2) is 0 Å². The van der Waals surface area contributed by atoms with Crippen LogP contribution in [0.2, 0.25) is 0 Å². The van der Waals surface area contributed by atoms with E-state index in [2.05, 4.69) is 36.8 Å². The number of amides is 1. The summed E-state index contributed by atoms with van der Waals surface area (Å²) in [4.78, 5) is 12.5. The van der Waals surface area contributed by atoms with Crippen molar-refractivity contribution >= 4 is 50.5 Å². The average Bonchev–Trinajstić information content (AvgIpc) is 3.06. The van der Waals surface area contributed by atoms with Gasteiger partial charge in [-0.2, -0.15) is 0 Å². The first-order valence-corrected chi connectivity index (χ1v) is 8.10. The topological polar surface area (TPSA) is 66.9 Å². The normalized spacial score (nSPS) is 10.2. The van der Waals surface area contributed by atoms with Crippen molar-refractivity contribution in [2.45, 2.75) is 0 Å². The Balaban J connectivity index is 1.68. The SMILES string of the molecule is O=C(Nc1ccc(Nc2ccccc2Br)nn1)c1cccs1. The number of carbonyl (C=O) groups excluding carboxylic acids is 1. The number of hydrogen-bond donors (Lipinski definition) is 2. The van der Waals surface area contributed by atoms with Crippen LogP contribution in [-0.2, 0) is 0 Å². The van der Waals surface area contributed by atoms with E-state index >= 15 is 0 Å². The van der Waals surface area contributed by atoms with Crippen molar-refractivity contribution in [1.82, 2.24) is 10.2 Å². The zero-order valence-corrected chi connectivity index (χ0v) is 13.7. The summed E-state index contributed by atoms with van der Waals surface area (Å²) in [6, 6.07) is 14.8. The van der Waals surface area contributed by atoms with Gasteiger partial charge in [-0.3, -0.25) is 4.79 Å². The van der Waals surface area contributed by atoms with Gasteiger partial charge >= 0.3 is 0 Å². The molecule has 0 aliphatic heterocycles. The highest BCUT2D eigenvalue weighted by atomic mass is 79.9. The predicted octanol–water partition coefficient (Wildman–Crippen LogP) is 4.30. The number of halogens is 1. The highest BCUT2D eigenvalue weighted by Crippen LogP contribution is 2.24. The Bertz CT molecular complexity index is 775. The number of carbonyl (C=O) groups is 1. The molecule has 5 nitrogen and oxygen atoms in total. The fourth-order valence-corrected chi connectivity index (χ4v) is 2.75. The van der Waals surface area contributed by atoms with Gasteiger partial charge in [-0.15, -0.1) is 21.5 Å². The molecule has 0 aliphatic carbocycles. The molecule has 2 N–H and O–H groups in total. The van der Waals surface area contributed by atoms with Gasteiger partial charge in [0.25, 0.3) is 5.91 Å². The van der Waals surface area contributed by atoms with Gasteiger partial charge in [0.2, 0.25) is 0 Å². The Morgan fingerprint density at radius 2 is 1.77 bits per heavy atom. The van der Waals surface area contributed by atoms with Crippen molar-refractivity contribution < 1.29 is 4.79 Å². The highest BCUT2D eigenvalue weighted by molar-refractivity contribution is 9.10. The molecule has 2 aromatic heterocycles. The van der Waals surface area contributed by atoms with E-state index in [1.165, 1.54) is 11.3 Å². The lowest BCUT2D eigenvalue weighted by Gasteiger charge is -2.07. The van der Waals surface area contributed by atoms with E-state index in [4.69, 9.17) is 0 Å². The molecule has 1 aromatic carbocycles. The molecule has 3 aromatic rings. The second kappa shape index (κ2) is 6.67. The van der Waals surface area contributed by atoms with Gasteiger partial charge in [0.1, 0.15) is 0 Å². The summed E-state index contributed by atoms with van der Waals surface area (Å²) < 4.78 is 0.937. The monoisotopic (exact) mass is 374 g/mol. The van der Waals surface area contributed by atoms with E-state index in [1.54, 1.807) is 18.2 Å². The molecule has 0 saturated heterocycles. The minimum atomic E-state index is -0.184. The maximum atomic E-state index is 11.9. The molecule has 0 spiro atoms. The molecule has 0 radical (unpaired) electrons. The summed E-state index contributed by atoms with van der Waals surface area (Å²) in [6.45, 7) is 0. The van der Waals surface area contributed by atoms with E-state index in [9.17, 15) is 4.79 Å². The summed E-state index contributed by atoms with van der Waals surface area (Å²) in [5, 5.41) is 15.8. The summed E-state index contributed by atoms with van der Waals surface area (Å²) in [5.41, 5.74) is 0.896. The summed E-state index contributed by atoms with van der Waals surface area (Å²) in [6.07, 6.45) is 0. The Labute approximate surface area is 139 Å².